The highest BCUT2D eigenvalue weighted by Gasteiger charge is 2.59. The smallest absolute Gasteiger partial charge is 0.422 e. The van der Waals surface area contributed by atoms with E-state index in [2.05, 4.69) is 0 Å². The molecule has 11 heteroatoms. The van der Waals surface area contributed by atoms with Gasteiger partial charge in [-0.15, -0.1) is 0 Å². The number of aliphatic hydroxyl groups is 1. The molecule has 0 amide bonds. The molecule has 0 saturated heterocycles. The van der Waals surface area contributed by atoms with Gasteiger partial charge < -0.3 is 14.6 Å². The summed E-state index contributed by atoms with van der Waals surface area (Å²) in [5.41, 5.74) is -3.38. The van der Waals surface area contributed by atoms with Crippen molar-refractivity contribution >= 4 is 22.6 Å². The van der Waals surface area contributed by atoms with Gasteiger partial charge in [0.1, 0.15) is 23.3 Å². The Hall–Kier alpha value is -3.94. The summed E-state index contributed by atoms with van der Waals surface area (Å²) >= 11 is 6.40. The van der Waals surface area contributed by atoms with E-state index in [1.165, 1.54) is 66.6 Å². The highest BCUT2D eigenvalue weighted by molar-refractivity contribution is 6.31. The lowest BCUT2D eigenvalue weighted by Gasteiger charge is -2.37. The molecule has 7 nitrogen and oxygen atoms in total. The van der Waals surface area contributed by atoms with Crippen LogP contribution >= 0.6 is 11.6 Å². The van der Waals surface area contributed by atoms with Crippen LogP contribution < -0.4 is 15.2 Å². The number of nitriles is 1. The fourth-order valence-electron chi connectivity index (χ4n) is 4.41. The number of fused-ring (bicyclic) bond motifs is 1. The van der Waals surface area contributed by atoms with Gasteiger partial charge in [-0.1, -0.05) is 30.7 Å². The molecule has 2 unspecified atom stereocenters. The third-order valence-corrected chi connectivity index (χ3v) is 6.90. The summed E-state index contributed by atoms with van der Waals surface area (Å²) in [6.45, 7) is 1.14. The summed E-state index contributed by atoms with van der Waals surface area (Å²) in [6.07, 6.45) is -5.07. The van der Waals surface area contributed by atoms with Crippen molar-refractivity contribution in [3.05, 3.63) is 87.3 Å². The van der Waals surface area contributed by atoms with Crippen molar-refractivity contribution in [3.63, 3.8) is 0 Å². The van der Waals surface area contributed by atoms with E-state index in [1.807, 2.05) is 6.07 Å². The van der Waals surface area contributed by atoms with Crippen molar-refractivity contribution < 1.29 is 27.8 Å². The Balaban J connectivity index is 1.67. The first kappa shape index (κ1) is 27.1. The van der Waals surface area contributed by atoms with Crippen molar-refractivity contribution in [1.29, 1.82) is 5.26 Å². The number of aromatic nitrogens is 2. The molecule has 0 radical (unpaired) electrons. The van der Waals surface area contributed by atoms with Crippen molar-refractivity contribution in [2.45, 2.75) is 24.6 Å². The third kappa shape index (κ3) is 4.71. The van der Waals surface area contributed by atoms with E-state index in [-0.39, 0.29) is 28.5 Å². The first-order chi connectivity index (χ1) is 17.9. The van der Waals surface area contributed by atoms with Crippen molar-refractivity contribution in [2.24, 2.45) is 14.1 Å². The first-order valence-corrected chi connectivity index (χ1v) is 11.8. The normalized spacial score (nSPS) is 14.1. The maximum atomic E-state index is 14.5. The molecule has 2 atom stereocenters. The predicted molar refractivity (Wildman–Crippen MR) is 136 cm³/mol. The van der Waals surface area contributed by atoms with Gasteiger partial charge in [0, 0.05) is 25.0 Å². The number of hydrogen-bond acceptors (Lipinski definition) is 5. The zero-order valence-electron chi connectivity index (χ0n) is 20.6. The van der Waals surface area contributed by atoms with Crippen LogP contribution in [0.3, 0.4) is 0 Å². The molecule has 1 N–H and O–H groups in total. The summed E-state index contributed by atoms with van der Waals surface area (Å²) in [5, 5.41) is 19.8. The van der Waals surface area contributed by atoms with E-state index < -0.39 is 28.9 Å². The van der Waals surface area contributed by atoms with Crippen LogP contribution in [-0.2, 0) is 19.7 Å². The highest BCUT2D eigenvalue weighted by Crippen LogP contribution is 2.50. The molecule has 1 aromatic heterocycles. The molecular weight excluding hydrogens is 523 g/mol. The number of ether oxygens (including phenoxy) is 2. The zero-order chi connectivity index (χ0) is 27.8. The zero-order valence-corrected chi connectivity index (χ0v) is 21.3. The van der Waals surface area contributed by atoms with Crippen LogP contribution in [0.4, 0.5) is 13.2 Å². The van der Waals surface area contributed by atoms with Crippen LogP contribution in [0, 0.1) is 11.3 Å². The minimum atomic E-state index is -5.07. The third-order valence-electron chi connectivity index (χ3n) is 6.57. The molecule has 0 bridgehead atoms. The average molecular weight is 546 g/mol. The lowest BCUT2D eigenvalue weighted by atomic mass is 9.77. The van der Waals surface area contributed by atoms with E-state index in [9.17, 15) is 23.1 Å². The number of halogens is 4. The number of benzene rings is 3. The van der Waals surface area contributed by atoms with E-state index in [4.69, 9.17) is 26.3 Å². The van der Waals surface area contributed by atoms with Crippen LogP contribution in [0.2, 0.25) is 5.02 Å². The fourth-order valence-corrected chi connectivity index (χ4v) is 4.74. The second kappa shape index (κ2) is 10.1. The number of imidazole rings is 1. The quantitative estimate of drug-likeness (QED) is 0.318. The molecule has 198 valence electrons. The number of nitrogens with zero attached hydrogens (tertiary/aromatic N) is 3. The van der Waals surface area contributed by atoms with Gasteiger partial charge >= 0.3 is 11.9 Å². The Bertz CT molecular complexity index is 1590. The summed E-state index contributed by atoms with van der Waals surface area (Å²) in [7, 11) is 2.97. The molecule has 0 spiro atoms. The molecule has 3 aromatic carbocycles. The maximum absolute atomic E-state index is 14.5. The molecule has 4 rings (SSSR count). The molecule has 4 aromatic rings. The van der Waals surface area contributed by atoms with Crippen LogP contribution in [0.5, 0.6) is 17.2 Å². The molecule has 0 aliphatic carbocycles. The van der Waals surface area contributed by atoms with Crippen molar-refractivity contribution in [1.82, 2.24) is 9.13 Å². The van der Waals surface area contributed by atoms with Gasteiger partial charge in [-0.3, -0.25) is 9.13 Å². The number of rotatable bonds is 7. The second-order valence-electron chi connectivity index (χ2n) is 8.79. The molecule has 38 heavy (non-hydrogen) atoms. The maximum Gasteiger partial charge on any atom is 0.422 e. The number of aryl methyl sites for hydroxylation is 2. The number of alkyl halides is 3. The highest BCUT2D eigenvalue weighted by atomic mass is 35.5. The molecule has 0 aliphatic rings. The average Bonchev–Trinajstić information content (AvgIpc) is 3.10. The van der Waals surface area contributed by atoms with E-state index in [1.54, 1.807) is 24.3 Å². The molecule has 0 fully saturated rings. The predicted octanol–water partition coefficient (Wildman–Crippen LogP) is 5.78. The Labute approximate surface area is 220 Å². The Kier molecular flexibility index (Phi) is 7.19. The van der Waals surface area contributed by atoms with Gasteiger partial charge in [0.15, 0.2) is 12.2 Å². The largest absolute Gasteiger partial charge is 0.479 e. The minimum absolute atomic E-state index is 0.0279. The van der Waals surface area contributed by atoms with Gasteiger partial charge in [-0.25, -0.2) is 4.79 Å². The van der Waals surface area contributed by atoms with Gasteiger partial charge in [-0.05, 0) is 59.7 Å². The molecular formula is C27H23ClF3N3O4. The topological polar surface area (TPSA) is 89.4 Å². The van der Waals surface area contributed by atoms with Gasteiger partial charge in [-0.2, -0.15) is 18.4 Å². The Morgan fingerprint density at radius 2 is 1.58 bits per heavy atom. The van der Waals surface area contributed by atoms with E-state index in [0.29, 0.717) is 17.0 Å². The molecule has 0 aliphatic heterocycles. The fraction of sp³-hybridized carbons (Fsp3) is 0.259. The van der Waals surface area contributed by atoms with Crippen LogP contribution in [0.25, 0.3) is 11.0 Å². The van der Waals surface area contributed by atoms with Crippen LogP contribution in [-0.4, -0.2) is 27.0 Å². The van der Waals surface area contributed by atoms with Crippen molar-refractivity contribution in [3.8, 4) is 23.3 Å². The summed E-state index contributed by atoms with van der Waals surface area (Å²) in [5.74, 6) is -0.354. The Morgan fingerprint density at radius 3 is 2.18 bits per heavy atom. The Morgan fingerprint density at radius 1 is 0.974 bits per heavy atom. The van der Waals surface area contributed by atoms with Gasteiger partial charge in [0.2, 0.25) is 0 Å². The summed E-state index contributed by atoms with van der Waals surface area (Å²) in [6, 6.07) is 16.2. The standard InChI is InChI=1S/C27H23ClF3N3O4/c1-16(21-10-9-20(15-22(21)28)38-19-7-5-18(6-8-19)37-13-12-32)26(36,27(29,30)31)17-4-11-23-24(14-17)34(3)25(35)33(23)2/h4-11,14-16,36H,13H2,1-3H3. The summed E-state index contributed by atoms with van der Waals surface area (Å²) < 4.78 is 57.0. The minimum Gasteiger partial charge on any atom is -0.479 e. The lowest BCUT2D eigenvalue weighted by Crippen LogP contribution is -2.46. The number of hydrogen-bond donors (Lipinski definition) is 1. The molecule has 0 saturated carbocycles. The second-order valence-corrected chi connectivity index (χ2v) is 9.20. The lowest BCUT2D eigenvalue weighted by molar-refractivity contribution is -0.274. The van der Waals surface area contributed by atoms with E-state index >= 15 is 0 Å². The van der Waals surface area contributed by atoms with Crippen LogP contribution in [0.1, 0.15) is 24.0 Å². The van der Waals surface area contributed by atoms with Crippen LogP contribution in [0.15, 0.2) is 65.5 Å². The van der Waals surface area contributed by atoms with E-state index in [0.717, 1.165) is 0 Å². The molecule has 1 heterocycles. The summed E-state index contributed by atoms with van der Waals surface area (Å²) in [4.78, 5) is 12.3. The van der Waals surface area contributed by atoms with Gasteiger partial charge in [0.25, 0.3) is 0 Å². The van der Waals surface area contributed by atoms with Gasteiger partial charge in [0.05, 0.1) is 11.0 Å². The monoisotopic (exact) mass is 545 g/mol. The SMILES string of the molecule is CC(c1ccc(Oc2ccc(OCC#N)cc2)cc1Cl)C(O)(c1ccc2c(c1)n(C)c(=O)n2C)C(F)(F)F. The van der Waals surface area contributed by atoms with Crippen molar-refractivity contribution in [2.75, 3.05) is 6.61 Å². The first-order valence-electron chi connectivity index (χ1n) is 11.4.